The molecule has 0 aliphatic rings. The van der Waals surface area contributed by atoms with E-state index in [0.717, 1.165) is 76.1 Å². The Bertz CT molecular complexity index is 3370. The molecule has 12 aromatic rings. The Morgan fingerprint density at radius 2 is 0.807 bits per heavy atom. The van der Waals surface area contributed by atoms with Crippen molar-refractivity contribution in [3.05, 3.63) is 188 Å². The maximum atomic E-state index is 5.48. The van der Waals surface area contributed by atoms with Crippen LogP contribution in [0.4, 0.5) is 0 Å². The third kappa shape index (κ3) is 4.98. The van der Waals surface area contributed by atoms with Crippen LogP contribution in [0.3, 0.4) is 0 Å². The lowest BCUT2D eigenvalue weighted by molar-refractivity contribution is 0.893. The Morgan fingerprint density at radius 3 is 1.40 bits per heavy atom. The molecule has 0 bridgehead atoms. The lowest BCUT2D eigenvalue weighted by Crippen LogP contribution is -2.10. The van der Waals surface area contributed by atoms with Crippen molar-refractivity contribution in [2.75, 3.05) is 0 Å². The third-order valence-electron chi connectivity index (χ3n) is 11.2. The first-order valence-electron chi connectivity index (χ1n) is 19.1. The van der Waals surface area contributed by atoms with Crippen LogP contribution in [0.5, 0.6) is 0 Å². The number of rotatable bonds is 5. The van der Waals surface area contributed by atoms with E-state index in [9.17, 15) is 0 Å². The van der Waals surface area contributed by atoms with E-state index in [1.54, 1.807) is 11.3 Å². The number of thiophene rings is 1. The quantitative estimate of drug-likeness (QED) is 0.176. The molecule has 0 aliphatic heterocycles. The summed E-state index contributed by atoms with van der Waals surface area (Å²) >= 11 is 1.79. The molecule has 0 saturated heterocycles. The van der Waals surface area contributed by atoms with Crippen LogP contribution in [-0.2, 0) is 0 Å². The summed E-state index contributed by atoms with van der Waals surface area (Å²) in [6.45, 7) is 0. The van der Waals surface area contributed by atoms with Crippen molar-refractivity contribution in [2.45, 2.75) is 0 Å². The molecule has 57 heavy (non-hydrogen) atoms. The molecule has 0 fully saturated rings. The summed E-state index contributed by atoms with van der Waals surface area (Å²) < 4.78 is 6.84. The summed E-state index contributed by atoms with van der Waals surface area (Å²) in [6.07, 6.45) is 0. The lowest BCUT2D eigenvalue weighted by Gasteiger charge is -2.13. The van der Waals surface area contributed by atoms with Crippen molar-refractivity contribution < 1.29 is 0 Å². The fourth-order valence-corrected chi connectivity index (χ4v) is 9.80. The fourth-order valence-electron chi connectivity index (χ4n) is 8.59. The van der Waals surface area contributed by atoms with E-state index in [1.165, 1.54) is 15.5 Å². The Morgan fingerprint density at radius 1 is 0.333 bits per heavy atom. The number of fused-ring (bicyclic) bond motifs is 9. The average Bonchev–Trinajstić information content (AvgIpc) is 3.94. The van der Waals surface area contributed by atoms with Gasteiger partial charge in [0.2, 0.25) is 11.9 Å². The number of para-hydroxylation sites is 2. The van der Waals surface area contributed by atoms with Crippen LogP contribution in [0, 0.1) is 0 Å². The summed E-state index contributed by atoms with van der Waals surface area (Å²) in [5.74, 6) is 1.76. The van der Waals surface area contributed by atoms with Crippen LogP contribution < -0.4 is 0 Å². The van der Waals surface area contributed by atoms with E-state index in [2.05, 4.69) is 197 Å². The van der Waals surface area contributed by atoms with Gasteiger partial charge in [0.25, 0.3) is 0 Å². The highest BCUT2D eigenvalue weighted by molar-refractivity contribution is 7.26. The van der Waals surface area contributed by atoms with Crippen LogP contribution in [0.15, 0.2) is 188 Å². The van der Waals surface area contributed by atoms with Crippen molar-refractivity contribution in [1.29, 1.82) is 0 Å². The van der Waals surface area contributed by atoms with Gasteiger partial charge in [-0.3, -0.25) is 9.13 Å². The normalized spacial score (nSPS) is 11.9. The monoisotopic (exact) mass is 745 g/mol. The largest absolute Gasteiger partial charge is 0.278 e. The zero-order valence-corrected chi connectivity index (χ0v) is 31.4. The van der Waals surface area contributed by atoms with Gasteiger partial charge in [-0.15, -0.1) is 11.3 Å². The second-order valence-electron chi connectivity index (χ2n) is 14.4. The van der Waals surface area contributed by atoms with E-state index in [-0.39, 0.29) is 0 Å². The molecule has 0 saturated carbocycles. The summed E-state index contributed by atoms with van der Waals surface area (Å²) in [4.78, 5) is 16.4. The molecule has 266 valence electrons. The van der Waals surface area contributed by atoms with Gasteiger partial charge in [0.15, 0.2) is 5.82 Å². The zero-order valence-electron chi connectivity index (χ0n) is 30.5. The molecule has 0 aliphatic carbocycles. The van der Waals surface area contributed by atoms with Crippen molar-refractivity contribution in [3.63, 3.8) is 0 Å². The molecule has 0 atom stereocenters. The molecule has 5 nitrogen and oxygen atoms in total. The maximum absolute atomic E-state index is 5.48. The predicted octanol–water partition coefficient (Wildman–Crippen LogP) is 13.4. The highest BCUT2D eigenvalue weighted by Gasteiger charge is 2.22. The predicted molar refractivity (Wildman–Crippen MR) is 238 cm³/mol. The van der Waals surface area contributed by atoms with Crippen LogP contribution in [0.1, 0.15) is 0 Å². The van der Waals surface area contributed by atoms with Crippen LogP contribution in [0.2, 0.25) is 0 Å². The minimum Gasteiger partial charge on any atom is -0.278 e. The SMILES string of the molecule is c1ccc(-c2ccc3c4ccc(-c5ccccc5)cc4n(-c4nc(-c5cccc6c5sc5ccccc56)nc(-n5c6ccccc6c6ccccc65)n4)c3c2)cc1. The minimum absolute atomic E-state index is 0.561. The first-order valence-corrected chi connectivity index (χ1v) is 19.9. The van der Waals surface area contributed by atoms with Crippen LogP contribution >= 0.6 is 11.3 Å². The summed E-state index contributed by atoms with van der Waals surface area (Å²) in [5, 5.41) is 7.01. The van der Waals surface area contributed by atoms with Gasteiger partial charge in [0, 0.05) is 47.3 Å². The first-order chi connectivity index (χ1) is 28.3. The van der Waals surface area contributed by atoms with Gasteiger partial charge in [0.05, 0.1) is 22.1 Å². The first kappa shape index (κ1) is 31.9. The molecule has 4 heterocycles. The Labute approximate surface area is 331 Å². The Kier molecular flexibility index (Phi) is 7.03. The second-order valence-corrected chi connectivity index (χ2v) is 15.5. The van der Waals surface area contributed by atoms with Gasteiger partial charge in [-0.05, 0) is 58.7 Å². The lowest BCUT2D eigenvalue weighted by atomic mass is 10.0. The topological polar surface area (TPSA) is 48.5 Å². The Hall–Kier alpha value is -7.41. The standard InChI is InChI=1S/C51H31N5S/c1-3-14-32(15-4-1)34-26-28-38-39-29-27-35(33-16-5-2-6-17-33)31-46(39)56(45(38)30-34)51-53-49(42-22-13-21-41-40-20-9-12-25-47(40)57-48(41)42)52-50(54-51)55-43-23-10-7-18-36(43)37-19-8-11-24-44(37)55/h1-31H. The van der Waals surface area contributed by atoms with Gasteiger partial charge in [-0.25, -0.2) is 0 Å². The van der Waals surface area contributed by atoms with Gasteiger partial charge in [-0.1, -0.05) is 152 Å². The number of hydrogen-bond acceptors (Lipinski definition) is 4. The number of hydrogen-bond donors (Lipinski definition) is 0. The van der Waals surface area contributed by atoms with Gasteiger partial charge < -0.3 is 0 Å². The molecule has 0 unspecified atom stereocenters. The molecule has 8 aromatic carbocycles. The van der Waals surface area contributed by atoms with E-state index >= 15 is 0 Å². The van der Waals surface area contributed by atoms with Crippen molar-refractivity contribution >= 4 is 75.1 Å². The second kappa shape index (κ2) is 12.6. The van der Waals surface area contributed by atoms with Crippen LogP contribution in [-0.4, -0.2) is 24.1 Å². The minimum atomic E-state index is 0.561. The highest BCUT2D eigenvalue weighted by atomic mass is 32.1. The van der Waals surface area contributed by atoms with E-state index in [1.807, 2.05) is 0 Å². The number of benzene rings is 8. The van der Waals surface area contributed by atoms with Gasteiger partial charge in [0.1, 0.15) is 0 Å². The number of aromatic nitrogens is 5. The molecule has 0 N–H and O–H groups in total. The zero-order chi connectivity index (χ0) is 37.5. The maximum Gasteiger partial charge on any atom is 0.240 e. The molecular weight excluding hydrogens is 715 g/mol. The van der Waals surface area contributed by atoms with Gasteiger partial charge in [-0.2, -0.15) is 15.0 Å². The van der Waals surface area contributed by atoms with Crippen LogP contribution in [0.25, 0.3) is 109 Å². The smallest absolute Gasteiger partial charge is 0.240 e. The molecule has 0 spiro atoms. The molecular formula is C51H31N5S. The summed E-state index contributed by atoms with van der Waals surface area (Å²) in [6, 6.07) is 66.7. The fraction of sp³-hybridized carbons (Fsp3) is 0. The molecule has 4 aromatic heterocycles. The van der Waals surface area contributed by atoms with E-state index in [0.29, 0.717) is 17.7 Å². The summed E-state index contributed by atoms with van der Waals surface area (Å²) in [7, 11) is 0. The molecule has 12 rings (SSSR count). The third-order valence-corrected chi connectivity index (χ3v) is 12.4. The highest BCUT2D eigenvalue weighted by Crippen LogP contribution is 2.41. The molecule has 0 amide bonds. The Balaban J connectivity index is 1.21. The number of nitrogens with zero attached hydrogens (tertiary/aromatic N) is 5. The van der Waals surface area contributed by atoms with Gasteiger partial charge >= 0.3 is 0 Å². The van der Waals surface area contributed by atoms with E-state index in [4.69, 9.17) is 15.0 Å². The summed E-state index contributed by atoms with van der Waals surface area (Å²) in [5.41, 5.74) is 9.69. The van der Waals surface area contributed by atoms with Crippen molar-refractivity contribution in [3.8, 4) is 45.5 Å². The van der Waals surface area contributed by atoms with Crippen molar-refractivity contribution in [2.24, 2.45) is 0 Å². The molecule has 6 heteroatoms. The van der Waals surface area contributed by atoms with E-state index < -0.39 is 0 Å². The van der Waals surface area contributed by atoms with Crippen molar-refractivity contribution in [1.82, 2.24) is 24.1 Å². The molecule has 0 radical (unpaired) electrons. The average molecular weight is 746 g/mol.